The highest BCUT2D eigenvalue weighted by molar-refractivity contribution is 5.91. The lowest BCUT2D eigenvalue weighted by Gasteiger charge is -2.28. The zero-order chi connectivity index (χ0) is 26.6. The monoisotopic (exact) mass is 523 g/mol. The Labute approximate surface area is 213 Å². The molecule has 1 aromatic heterocycles. The molecule has 4 rings (SSSR count). The summed E-state index contributed by atoms with van der Waals surface area (Å²) in [5, 5.41) is 15.7. The summed E-state index contributed by atoms with van der Waals surface area (Å²) in [4.78, 5) is 20.9. The SMILES string of the molecule is Cc1ccc(NC(=O)N2CC[C@@H](OC(F)(F)F)C2)cc1-c1cc(NC[C@@H](C)O)nc(N2CCOCC2)c1. The Kier molecular flexibility index (Phi) is 8.40. The van der Waals surface area contributed by atoms with E-state index in [-0.39, 0.29) is 19.5 Å². The number of aliphatic hydroxyl groups is 1. The van der Waals surface area contributed by atoms with E-state index < -0.39 is 24.6 Å². The van der Waals surface area contributed by atoms with Crippen molar-refractivity contribution in [3.05, 3.63) is 35.9 Å². The first kappa shape index (κ1) is 27.0. The lowest BCUT2D eigenvalue weighted by molar-refractivity contribution is -0.340. The highest BCUT2D eigenvalue weighted by Crippen LogP contribution is 2.32. The number of carbonyl (C=O) groups is 1. The molecule has 202 valence electrons. The quantitative estimate of drug-likeness (QED) is 0.507. The minimum absolute atomic E-state index is 0.121. The number of aromatic nitrogens is 1. The zero-order valence-electron chi connectivity index (χ0n) is 20.8. The van der Waals surface area contributed by atoms with E-state index in [1.54, 1.807) is 13.0 Å². The van der Waals surface area contributed by atoms with Gasteiger partial charge in [-0.3, -0.25) is 4.74 Å². The maximum Gasteiger partial charge on any atom is 0.522 e. The number of hydrogen-bond donors (Lipinski definition) is 3. The van der Waals surface area contributed by atoms with Crippen LogP contribution in [0.3, 0.4) is 0 Å². The maximum atomic E-state index is 12.7. The van der Waals surface area contributed by atoms with Crippen LogP contribution in [0.1, 0.15) is 18.9 Å². The molecule has 2 aliphatic rings. The van der Waals surface area contributed by atoms with Gasteiger partial charge in [0, 0.05) is 38.4 Å². The van der Waals surface area contributed by atoms with Crippen molar-refractivity contribution >= 4 is 23.4 Å². The lowest BCUT2D eigenvalue weighted by Crippen LogP contribution is -2.36. The Morgan fingerprint density at radius 2 is 2.00 bits per heavy atom. The molecular weight excluding hydrogens is 491 g/mol. The van der Waals surface area contributed by atoms with E-state index in [1.165, 1.54) is 4.90 Å². The molecule has 0 radical (unpaired) electrons. The van der Waals surface area contributed by atoms with Gasteiger partial charge in [-0.1, -0.05) is 6.07 Å². The van der Waals surface area contributed by atoms with Crippen LogP contribution in [0.5, 0.6) is 0 Å². The second-order valence-corrected chi connectivity index (χ2v) is 9.31. The van der Waals surface area contributed by atoms with E-state index in [0.717, 1.165) is 22.5 Å². The molecule has 9 nitrogen and oxygen atoms in total. The van der Waals surface area contributed by atoms with Crippen molar-refractivity contribution in [2.75, 3.05) is 61.5 Å². The molecule has 1 aromatic carbocycles. The fourth-order valence-corrected chi connectivity index (χ4v) is 4.38. The first-order valence-electron chi connectivity index (χ1n) is 12.3. The van der Waals surface area contributed by atoms with Crippen molar-refractivity contribution < 1.29 is 32.5 Å². The van der Waals surface area contributed by atoms with Crippen LogP contribution >= 0.6 is 0 Å². The van der Waals surface area contributed by atoms with Crippen LogP contribution in [0.2, 0.25) is 0 Å². The van der Waals surface area contributed by atoms with Gasteiger partial charge < -0.3 is 30.3 Å². The molecule has 0 unspecified atom stereocenters. The third kappa shape index (κ3) is 7.46. The average molecular weight is 524 g/mol. The largest absolute Gasteiger partial charge is 0.522 e. The van der Waals surface area contributed by atoms with Crippen molar-refractivity contribution in [3.8, 4) is 11.1 Å². The normalized spacial score (nSPS) is 19.1. The number of alkyl halides is 3. The van der Waals surface area contributed by atoms with Crippen LogP contribution in [0.15, 0.2) is 30.3 Å². The number of amides is 2. The molecule has 2 saturated heterocycles. The molecule has 2 atom stereocenters. The molecule has 3 N–H and O–H groups in total. The van der Waals surface area contributed by atoms with Crippen molar-refractivity contribution in [3.63, 3.8) is 0 Å². The molecular formula is C25H32F3N5O4. The molecule has 12 heteroatoms. The maximum absolute atomic E-state index is 12.7. The number of aryl methyl sites for hydroxylation is 1. The zero-order valence-corrected chi connectivity index (χ0v) is 20.8. The summed E-state index contributed by atoms with van der Waals surface area (Å²) in [7, 11) is 0. The van der Waals surface area contributed by atoms with Gasteiger partial charge in [0.05, 0.1) is 25.4 Å². The van der Waals surface area contributed by atoms with Gasteiger partial charge in [0.25, 0.3) is 0 Å². The molecule has 2 amide bonds. The van der Waals surface area contributed by atoms with Gasteiger partial charge in [-0.05, 0) is 61.2 Å². The van der Waals surface area contributed by atoms with Crippen molar-refractivity contribution in [1.29, 1.82) is 0 Å². The van der Waals surface area contributed by atoms with Crippen LogP contribution in [0.25, 0.3) is 11.1 Å². The van der Waals surface area contributed by atoms with E-state index in [0.29, 0.717) is 44.4 Å². The van der Waals surface area contributed by atoms with Crippen molar-refractivity contribution in [2.45, 2.75) is 38.8 Å². The van der Waals surface area contributed by atoms with Crippen molar-refractivity contribution in [1.82, 2.24) is 9.88 Å². The van der Waals surface area contributed by atoms with Crippen LogP contribution < -0.4 is 15.5 Å². The summed E-state index contributed by atoms with van der Waals surface area (Å²) in [5.74, 6) is 1.39. The number of nitrogens with zero attached hydrogens (tertiary/aromatic N) is 3. The predicted octanol–water partition coefficient (Wildman–Crippen LogP) is 3.83. The summed E-state index contributed by atoms with van der Waals surface area (Å²) < 4.78 is 47.1. The molecule has 37 heavy (non-hydrogen) atoms. The first-order chi connectivity index (χ1) is 17.6. The molecule has 2 fully saturated rings. The number of ether oxygens (including phenoxy) is 2. The van der Waals surface area contributed by atoms with Gasteiger partial charge in [-0.2, -0.15) is 0 Å². The van der Waals surface area contributed by atoms with E-state index in [4.69, 9.17) is 9.72 Å². The Balaban J connectivity index is 1.54. The Hall–Kier alpha value is -3.09. The summed E-state index contributed by atoms with van der Waals surface area (Å²) in [6.45, 7) is 6.65. The lowest BCUT2D eigenvalue weighted by atomic mass is 10.00. The van der Waals surface area contributed by atoms with Gasteiger partial charge >= 0.3 is 12.4 Å². The number of hydrogen-bond acceptors (Lipinski definition) is 7. The van der Waals surface area contributed by atoms with Gasteiger partial charge in [0.2, 0.25) is 0 Å². The van der Waals surface area contributed by atoms with Gasteiger partial charge in [-0.25, -0.2) is 9.78 Å². The molecule has 2 aliphatic heterocycles. The summed E-state index contributed by atoms with van der Waals surface area (Å²) >= 11 is 0. The fourth-order valence-electron chi connectivity index (χ4n) is 4.38. The van der Waals surface area contributed by atoms with Gasteiger partial charge in [-0.15, -0.1) is 13.2 Å². The van der Waals surface area contributed by atoms with Crippen LogP contribution in [-0.4, -0.2) is 85.5 Å². The van der Waals surface area contributed by atoms with Gasteiger partial charge in [0.1, 0.15) is 11.6 Å². The number of halogens is 3. The molecule has 2 aromatic rings. The number of morpholine rings is 1. The summed E-state index contributed by atoms with van der Waals surface area (Å²) in [6, 6.07) is 8.86. The minimum Gasteiger partial charge on any atom is -0.392 e. The van der Waals surface area contributed by atoms with E-state index in [2.05, 4.69) is 20.3 Å². The van der Waals surface area contributed by atoms with Crippen LogP contribution in [-0.2, 0) is 9.47 Å². The first-order valence-corrected chi connectivity index (χ1v) is 12.3. The average Bonchev–Trinajstić information content (AvgIpc) is 3.31. The minimum atomic E-state index is -4.73. The van der Waals surface area contributed by atoms with E-state index >= 15 is 0 Å². The Morgan fingerprint density at radius 1 is 1.24 bits per heavy atom. The standard InChI is InChI=1S/C25H32F3N5O4/c1-16-3-4-19(30-24(35)33-6-5-20(15-33)37-25(26,27)28)13-21(16)18-11-22(29-14-17(2)34)31-23(12-18)32-7-9-36-10-8-32/h3-4,11-13,17,20,34H,5-10,14-15H2,1-2H3,(H,29,31)(H,30,35)/t17-,20-/m1/s1. The van der Waals surface area contributed by atoms with Crippen molar-refractivity contribution in [2.24, 2.45) is 0 Å². The number of aliphatic hydroxyl groups excluding tert-OH is 1. The van der Waals surface area contributed by atoms with Crippen LogP contribution in [0.4, 0.5) is 35.3 Å². The predicted molar refractivity (Wildman–Crippen MR) is 134 cm³/mol. The highest BCUT2D eigenvalue weighted by atomic mass is 19.4. The number of pyridine rings is 1. The number of carbonyl (C=O) groups excluding carboxylic acids is 1. The van der Waals surface area contributed by atoms with E-state index in [1.807, 2.05) is 31.2 Å². The number of likely N-dealkylation sites (tertiary alicyclic amines) is 1. The Bertz CT molecular complexity index is 1090. The van der Waals surface area contributed by atoms with Crippen LogP contribution in [0, 0.1) is 6.92 Å². The third-order valence-electron chi connectivity index (χ3n) is 6.26. The van der Waals surface area contributed by atoms with E-state index in [9.17, 15) is 23.1 Å². The second kappa shape index (κ2) is 11.5. The summed E-state index contributed by atoms with van der Waals surface area (Å²) in [6.07, 6.45) is -6.22. The number of benzene rings is 1. The number of urea groups is 1. The third-order valence-corrected chi connectivity index (χ3v) is 6.26. The topological polar surface area (TPSA) is 99.2 Å². The molecule has 0 bridgehead atoms. The van der Waals surface area contributed by atoms with Gasteiger partial charge in [0.15, 0.2) is 0 Å². The molecule has 0 spiro atoms. The molecule has 0 saturated carbocycles. The smallest absolute Gasteiger partial charge is 0.392 e. The highest BCUT2D eigenvalue weighted by Gasteiger charge is 2.37. The number of rotatable bonds is 7. The summed E-state index contributed by atoms with van der Waals surface area (Å²) in [5.41, 5.74) is 3.24. The Morgan fingerprint density at radius 3 is 2.70 bits per heavy atom. The molecule has 0 aliphatic carbocycles. The number of nitrogens with one attached hydrogen (secondary N) is 2. The molecule has 3 heterocycles. The number of anilines is 3. The fraction of sp³-hybridized carbons (Fsp3) is 0.520. The second-order valence-electron chi connectivity index (χ2n) is 9.31.